The normalized spacial score (nSPS) is 20.3. The summed E-state index contributed by atoms with van der Waals surface area (Å²) in [5.41, 5.74) is 0. The van der Waals surface area contributed by atoms with Crippen LogP contribution in [0.25, 0.3) is 0 Å². The van der Waals surface area contributed by atoms with Crippen LogP contribution in [-0.4, -0.2) is 97.5 Å². The molecule has 13 heteroatoms. The molecule has 6 atom stereocenters. The van der Waals surface area contributed by atoms with Crippen molar-refractivity contribution in [3.8, 4) is 0 Å². The standard InChI is InChI=1S/C47H90O12S/c1-3-5-7-9-11-13-15-17-19-20-21-22-23-25-27-29-31-33-35-37-55-39-41(40-56-47-45(51)46(59-60(52,53)54)44(50)42(38-48)58-47)57-43(49)36-34-32-30-28-26-24-18-16-14-12-10-8-6-4-2/h19-20,41-42,44-48,50-51H,3-18,21-40H2,1-2H3,(H,52,53,54)/b20-19-. The second-order valence-corrected chi connectivity index (χ2v) is 18.1. The van der Waals surface area contributed by atoms with Gasteiger partial charge in [-0.25, -0.2) is 4.18 Å². The molecule has 0 radical (unpaired) electrons. The molecule has 1 aliphatic rings. The Labute approximate surface area is 366 Å². The number of allylic oxidation sites excluding steroid dienone is 2. The molecule has 0 aromatic heterocycles. The van der Waals surface area contributed by atoms with E-state index in [9.17, 15) is 28.5 Å². The van der Waals surface area contributed by atoms with E-state index in [1.807, 2.05) is 0 Å². The Bertz CT molecular complexity index is 1110. The van der Waals surface area contributed by atoms with Crippen molar-refractivity contribution in [2.24, 2.45) is 0 Å². The first-order valence-electron chi connectivity index (χ1n) is 24.4. The number of hydrogen-bond acceptors (Lipinski definition) is 11. The summed E-state index contributed by atoms with van der Waals surface area (Å²) < 4.78 is 59.1. The van der Waals surface area contributed by atoms with E-state index < -0.39 is 59.8 Å². The van der Waals surface area contributed by atoms with Crippen molar-refractivity contribution in [2.45, 2.75) is 256 Å². The molecule has 0 spiro atoms. The summed E-state index contributed by atoms with van der Waals surface area (Å²) in [5.74, 6) is -0.396. The second-order valence-electron chi connectivity index (χ2n) is 17.1. The molecule has 0 bridgehead atoms. The third-order valence-corrected chi connectivity index (χ3v) is 11.9. The topological polar surface area (TPSA) is 178 Å². The van der Waals surface area contributed by atoms with Gasteiger partial charge in [0.25, 0.3) is 0 Å². The van der Waals surface area contributed by atoms with Crippen molar-refractivity contribution in [1.82, 2.24) is 0 Å². The minimum absolute atomic E-state index is 0.0395. The van der Waals surface area contributed by atoms with E-state index in [0.717, 1.165) is 38.5 Å². The number of aliphatic hydroxyl groups is 3. The van der Waals surface area contributed by atoms with Gasteiger partial charge in [-0.1, -0.05) is 187 Å². The highest BCUT2D eigenvalue weighted by atomic mass is 32.3. The first-order chi connectivity index (χ1) is 29.1. The molecule has 1 heterocycles. The van der Waals surface area contributed by atoms with E-state index in [2.05, 4.69) is 30.2 Å². The van der Waals surface area contributed by atoms with Crippen molar-refractivity contribution in [3.63, 3.8) is 0 Å². The zero-order chi connectivity index (χ0) is 43.9. The molecule has 1 saturated heterocycles. The monoisotopic (exact) mass is 879 g/mol. The van der Waals surface area contributed by atoms with Gasteiger partial charge in [0.2, 0.25) is 0 Å². The van der Waals surface area contributed by atoms with Gasteiger partial charge in [0.15, 0.2) is 6.29 Å². The number of carbonyl (C=O) groups excluding carboxylic acids is 1. The zero-order valence-corrected chi connectivity index (χ0v) is 38.9. The fraction of sp³-hybridized carbons (Fsp3) is 0.936. The van der Waals surface area contributed by atoms with Gasteiger partial charge in [0.05, 0.1) is 19.8 Å². The number of ether oxygens (including phenoxy) is 4. The van der Waals surface area contributed by atoms with Crippen molar-refractivity contribution in [2.75, 3.05) is 26.4 Å². The van der Waals surface area contributed by atoms with E-state index in [4.69, 9.17) is 23.5 Å². The van der Waals surface area contributed by atoms with Crippen molar-refractivity contribution >= 4 is 16.4 Å². The van der Waals surface area contributed by atoms with Gasteiger partial charge >= 0.3 is 16.4 Å². The molecule has 356 valence electrons. The summed E-state index contributed by atoms with van der Waals surface area (Å²) in [7, 11) is -5.06. The number of hydrogen-bond donors (Lipinski definition) is 4. The smallest absolute Gasteiger partial charge is 0.397 e. The largest absolute Gasteiger partial charge is 0.457 e. The van der Waals surface area contributed by atoms with Crippen LogP contribution in [0.4, 0.5) is 0 Å². The summed E-state index contributed by atoms with van der Waals surface area (Å²) in [5, 5.41) is 30.7. The predicted molar refractivity (Wildman–Crippen MR) is 239 cm³/mol. The third kappa shape index (κ3) is 32.5. The Balaban J connectivity index is 2.37. The molecule has 0 amide bonds. The zero-order valence-electron chi connectivity index (χ0n) is 38.0. The van der Waals surface area contributed by atoms with Crippen LogP contribution in [0.5, 0.6) is 0 Å². The highest BCUT2D eigenvalue weighted by molar-refractivity contribution is 7.80. The van der Waals surface area contributed by atoms with E-state index in [1.54, 1.807) is 0 Å². The molecule has 60 heavy (non-hydrogen) atoms. The van der Waals surface area contributed by atoms with Crippen LogP contribution in [0.2, 0.25) is 0 Å². The van der Waals surface area contributed by atoms with Gasteiger partial charge in [-0.2, -0.15) is 8.42 Å². The minimum atomic E-state index is -5.06. The van der Waals surface area contributed by atoms with Gasteiger partial charge in [0, 0.05) is 13.0 Å². The number of unbranched alkanes of at least 4 members (excludes halogenated alkanes) is 28. The Morgan fingerprint density at radius 2 is 1.05 bits per heavy atom. The molecule has 0 aromatic carbocycles. The van der Waals surface area contributed by atoms with Gasteiger partial charge in [-0.05, 0) is 38.5 Å². The molecule has 1 fully saturated rings. The third-order valence-electron chi connectivity index (χ3n) is 11.4. The fourth-order valence-electron chi connectivity index (χ4n) is 7.67. The maximum Gasteiger partial charge on any atom is 0.397 e. The average Bonchev–Trinajstić information content (AvgIpc) is 3.22. The molecule has 4 N–H and O–H groups in total. The van der Waals surface area contributed by atoms with Crippen LogP contribution in [-0.2, 0) is 38.3 Å². The lowest BCUT2D eigenvalue weighted by Crippen LogP contribution is -2.60. The highest BCUT2D eigenvalue weighted by Crippen LogP contribution is 2.26. The number of esters is 1. The highest BCUT2D eigenvalue weighted by Gasteiger charge is 2.48. The number of carbonyl (C=O) groups is 1. The van der Waals surface area contributed by atoms with E-state index in [0.29, 0.717) is 13.0 Å². The fourth-order valence-corrected chi connectivity index (χ4v) is 8.18. The van der Waals surface area contributed by atoms with E-state index in [-0.39, 0.29) is 19.6 Å². The lowest BCUT2D eigenvalue weighted by atomic mass is 9.99. The van der Waals surface area contributed by atoms with Crippen molar-refractivity contribution < 1.29 is 56.2 Å². The van der Waals surface area contributed by atoms with Crippen LogP contribution in [0, 0.1) is 0 Å². The Kier molecular flexibility index (Phi) is 37.4. The van der Waals surface area contributed by atoms with E-state index in [1.165, 1.54) is 154 Å². The van der Waals surface area contributed by atoms with Crippen LogP contribution < -0.4 is 0 Å². The van der Waals surface area contributed by atoms with Crippen molar-refractivity contribution in [3.05, 3.63) is 12.2 Å². The minimum Gasteiger partial charge on any atom is -0.457 e. The predicted octanol–water partition coefficient (Wildman–Crippen LogP) is 10.6. The SMILES string of the molecule is CCCCCCCCC/C=C\CCCCCCCCCCOCC(COC1OC(CO)C(O)C(OS(=O)(=O)O)C1O)OC(=O)CCCCCCCCCCCCCCCC. The van der Waals surface area contributed by atoms with Crippen molar-refractivity contribution in [1.29, 1.82) is 0 Å². The summed E-state index contributed by atoms with van der Waals surface area (Å²) in [4.78, 5) is 12.9. The summed E-state index contributed by atoms with van der Waals surface area (Å²) in [6, 6.07) is 0. The van der Waals surface area contributed by atoms with Crippen LogP contribution in [0.3, 0.4) is 0 Å². The molecule has 0 saturated carbocycles. The molecule has 6 unspecified atom stereocenters. The Morgan fingerprint density at radius 3 is 1.50 bits per heavy atom. The van der Waals surface area contributed by atoms with Gasteiger partial charge in [-0.15, -0.1) is 0 Å². The molecule has 0 aliphatic carbocycles. The summed E-state index contributed by atoms with van der Waals surface area (Å²) >= 11 is 0. The van der Waals surface area contributed by atoms with Crippen LogP contribution >= 0.6 is 0 Å². The quantitative estimate of drug-likeness (QED) is 0.0197. The summed E-state index contributed by atoms with van der Waals surface area (Å²) in [6.45, 7) is 4.01. The number of rotatable bonds is 43. The van der Waals surface area contributed by atoms with Gasteiger partial charge < -0.3 is 34.3 Å². The average molecular weight is 879 g/mol. The molecular weight excluding hydrogens is 789 g/mol. The molecular formula is C47H90O12S. The van der Waals surface area contributed by atoms with Gasteiger partial charge in [0.1, 0.15) is 30.5 Å². The maximum absolute atomic E-state index is 12.9. The lowest BCUT2D eigenvalue weighted by Gasteiger charge is -2.41. The molecule has 1 aliphatic heterocycles. The first kappa shape index (κ1) is 56.9. The Hall–Kier alpha value is -1.16. The molecule has 12 nitrogen and oxygen atoms in total. The lowest BCUT2D eigenvalue weighted by molar-refractivity contribution is -0.301. The number of aliphatic hydroxyl groups excluding tert-OH is 3. The summed E-state index contributed by atoms with van der Waals surface area (Å²) in [6.07, 6.45) is 33.8. The second kappa shape index (κ2) is 39.4. The van der Waals surface area contributed by atoms with Crippen LogP contribution in [0.1, 0.15) is 219 Å². The maximum atomic E-state index is 12.9. The Morgan fingerprint density at radius 1 is 0.617 bits per heavy atom. The molecule has 0 aromatic rings. The van der Waals surface area contributed by atoms with E-state index >= 15 is 0 Å². The molecule has 1 rings (SSSR count). The van der Waals surface area contributed by atoms with Gasteiger partial charge in [-0.3, -0.25) is 9.35 Å². The first-order valence-corrected chi connectivity index (χ1v) is 25.8. The van der Waals surface area contributed by atoms with Crippen LogP contribution in [0.15, 0.2) is 12.2 Å².